The van der Waals surface area contributed by atoms with Crippen molar-refractivity contribution in [1.29, 1.82) is 0 Å². The molecule has 6 heteroatoms. The van der Waals surface area contributed by atoms with Gasteiger partial charge in [-0.25, -0.2) is 0 Å². The lowest BCUT2D eigenvalue weighted by Crippen LogP contribution is -2.35. The van der Waals surface area contributed by atoms with Crippen molar-refractivity contribution in [2.75, 3.05) is 18.0 Å². The molecule has 0 saturated carbocycles. The molecule has 2 aromatic carbocycles. The normalized spacial score (nSPS) is 11.7. The number of amides is 3. The Bertz CT molecular complexity index is 1000. The molecule has 1 aliphatic heterocycles. The zero-order valence-electron chi connectivity index (χ0n) is 17.0. The second-order valence-corrected chi connectivity index (χ2v) is 6.96. The summed E-state index contributed by atoms with van der Waals surface area (Å²) in [5, 5.41) is 5.38. The first kappa shape index (κ1) is 21.1. The fourth-order valence-corrected chi connectivity index (χ4v) is 3.25. The van der Waals surface area contributed by atoms with Crippen molar-refractivity contribution in [3.05, 3.63) is 65.2 Å². The van der Waals surface area contributed by atoms with E-state index in [1.807, 2.05) is 55.5 Å². The van der Waals surface area contributed by atoms with Crippen LogP contribution >= 0.6 is 0 Å². The third-order valence-electron chi connectivity index (χ3n) is 4.79. The highest BCUT2D eigenvalue weighted by molar-refractivity contribution is 5.95. The predicted molar refractivity (Wildman–Crippen MR) is 116 cm³/mol. The number of nitrogens with one attached hydrogen (secondary N) is 2. The van der Waals surface area contributed by atoms with Gasteiger partial charge in [-0.15, -0.1) is 0 Å². The summed E-state index contributed by atoms with van der Waals surface area (Å²) in [6.07, 6.45) is 0.412. The summed E-state index contributed by atoms with van der Waals surface area (Å²) >= 11 is 0. The molecular formula is C24H25N3O3. The second kappa shape index (κ2) is 10.3. The molecule has 2 aromatic rings. The summed E-state index contributed by atoms with van der Waals surface area (Å²) in [5.74, 6) is 5.88. The van der Waals surface area contributed by atoms with Gasteiger partial charge < -0.3 is 15.5 Å². The Balaban J connectivity index is 1.65. The zero-order valence-corrected chi connectivity index (χ0v) is 17.0. The maximum atomic E-state index is 13.0. The maximum Gasteiger partial charge on any atom is 0.229 e. The van der Waals surface area contributed by atoms with Crippen LogP contribution in [-0.2, 0) is 20.9 Å². The van der Waals surface area contributed by atoms with Gasteiger partial charge in [0.25, 0.3) is 0 Å². The third-order valence-corrected chi connectivity index (χ3v) is 4.79. The van der Waals surface area contributed by atoms with Gasteiger partial charge in [0.15, 0.2) is 0 Å². The smallest absolute Gasteiger partial charge is 0.229 e. The topological polar surface area (TPSA) is 78.5 Å². The van der Waals surface area contributed by atoms with Crippen LogP contribution in [0.4, 0.5) is 5.69 Å². The first-order chi connectivity index (χ1) is 14.6. The number of nitrogens with zero attached hydrogens (tertiary/aromatic N) is 1. The summed E-state index contributed by atoms with van der Waals surface area (Å²) in [6, 6.07) is 15.4. The minimum Gasteiger partial charge on any atom is -0.356 e. The minimum atomic E-state index is -0.238. The van der Waals surface area contributed by atoms with Gasteiger partial charge in [-0.3, -0.25) is 14.4 Å². The summed E-state index contributed by atoms with van der Waals surface area (Å²) in [6.45, 7) is 3.02. The molecule has 3 amide bonds. The van der Waals surface area contributed by atoms with Gasteiger partial charge in [0.1, 0.15) is 0 Å². The van der Waals surface area contributed by atoms with E-state index in [1.165, 1.54) is 0 Å². The molecule has 0 fully saturated rings. The molecule has 0 aliphatic carbocycles. The molecule has 0 aromatic heterocycles. The van der Waals surface area contributed by atoms with Gasteiger partial charge in [0, 0.05) is 43.5 Å². The third kappa shape index (κ3) is 5.48. The van der Waals surface area contributed by atoms with Crippen molar-refractivity contribution in [1.82, 2.24) is 10.6 Å². The van der Waals surface area contributed by atoms with E-state index in [4.69, 9.17) is 0 Å². The Kier molecular flexibility index (Phi) is 7.23. The molecule has 2 N–H and O–H groups in total. The predicted octanol–water partition coefficient (Wildman–Crippen LogP) is 2.36. The molecule has 6 nitrogen and oxygen atoms in total. The summed E-state index contributed by atoms with van der Waals surface area (Å²) in [5.41, 5.74) is 3.46. The molecule has 0 spiro atoms. The lowest BCUT2D eigenvalue weighted by atomic mass is 10.0. The van der Waals surface area contributed by atoms with E-state index in [0.29, 0.717) is 13.1 Å². The molecule has 30 heavy (non-hydrogen) atoms. The quantitative estimate of drug-likeness (QED) is 0.697. The van der Waals surface area contributed by atoms with Crippen LogP contribution < -0.4 is 15.5 Å². The van der Waals surface area contributed by atoms with Crippen LogP contribution in [-0.4, -0.2) is 30.8 Å². The molecule has 0 radical (unpaired) electrons. The van der Waals surface area contributed by atoms with Gasteiger partial charge in [0.2, 0.25) is 17.7 Å². The molecule has 0 unspecified atom stereocenters. The number of anilines is 1. The number of fused-ring (bicyclic) bond motifs is 2. The van der Waals surface area contributed by atoms with E-state index in [-0.39, 0.29) is 43.5 Å². The number of hydrogen-bond acceptors (Lipinski definition) is 3. The summed E-state index contributed by atoms with van der Waals surface area (Å²) in [7, 11) is 0. The monoisotopic (exact) mass is 403 g/mol. The highest BCUT2D eigenvalue weighted by atomic mass is 16.2. The van der Waals surface area contributed by atoms with Crippen molar-refractivity contribution in [2.24, 2.45) is 0 Å². The number of rotatable bonds is 7. The van der Waals surface area contributed by atoms with Gasteiger partial charge >= 0.3 is 0 Å². The van der Waals surface area contributed by atoms with Crippen LogP contribution in [0.25, 0.3) is 0 Å². The highest BCUT2D eigenvalue weighted by Gasteiger charge is 2.21. The highest BCUT2D eigenvalue weighted by Crippen LogP contribution is 2.25. The lowest BCUT2D eigenvalue weighted by Gasteiger charge is -2.26. The molecule has 1 aliphatic rings. The van der Waals surface area contributed by atoms with Crippen LogP contribution in [0.3, 0.4) is 0 Å². The standard InChI is InChI=1S/C24H25N3O3/c1-2-25-22(28)13-14-23(29)26-16-15-24(30)27-17-20-9-4-3-7-18(20)11-12-19-8-5-6-10-21(19)27/h3-10H,2,13-17H2,1H3,(H,25,28)(H,26,29). The van der Waals surface area contributed by atoms with Crippen LogP contribution in [0.5, 0.6) is 0 Å². The Labute approximate surface area is 176 Å². The van der Waals surface area contributed by atoms with Crippen LogP contribution in [0.2, 0.25) is 0 Å². The Morgan fingerprint density at radius 3 is 2.27 bits per heavy atom. The maximum absolute atomic E-state index is 13.0. The van der Waals surface area contributed by atoms with Gasteiger partial charge in [-0.2, -0.15) is 0 Å². The minimum absolute atomic E-state index is 0.0926. The summed E-state index contributed by atoms with van der Waals surface area (Å²) in [4.78, 5) is 38.1. The molecule has 0 atom stereocenters. The van der Waals surface area contributed by atoms with Crippen molar-refractivity contribution in [3.63, 3.8) is 0 Å². The average molecular weight is 403 g/mol. The summed E-state index contributed by atoms with van der Waals surface area (Å²) < 4.78 is 0. The second-order valence-electron chi connectivity index (χ2n) is 6.96. The molecule has 0 saturated heterocycles. The van der Waals surface area contributed by atoms with E-state index in [1.54, 1.807) is 4.90 Å². The van der Waals surface area contributed by atoms with E-state index in [9.17, 15) is 14.4 Å². The van der Waals surface area contributed by atoms with Crippen LogP contribution in [0, 0.1) is 11.8 Å². The Hall–Kier alpha value is -3.59. The van der Waals surface area contributed by atoms with E-state index in [2.05, 4.69) is 22.5 Å². The van der Waals surface area contributed by atoms with Gasteiger partial charge in [-0.05, 0) is 30.7 Å². The molecule has 3 rings (SSSR count). The fraction of sp³-hybridized carbons (Fsp3) is 0.292. The number of para-hydroxylation sites is 1. The van der Waals surface area contributed by atoms with Gasteiger partial charge in [0.05, 0.1) is 12.2 Å². The number of benzene rings is 2. The van der Waals surface area contributed by atoms with E-state index >= 15 is 0 Å². The molecular weight excluding hydrogens is 378 g/mol. The average Bonchev–Trinajstić information content (AvgIpc) is 2.74. The van der Waals surface area contributed by atoms with Crippen molar-refractivity contribution >= 4 is 23.4 Å². The molecule has 0 bridgehead atoms. The van der Waals surface area contributed by atoms with E-state index < -0.39 is 0 Å². The first-order valence-electron chi connectivity index (χ1n) is 10.1. The molecule has 1 heterocycles. The number of carbonyl (C=O) groups excluding carboxylic acids is 3. The lowest BCUT2D eigenvalue weighted by molar-refractivity contribution is -0.126. The van der Waals surface area contributed by atoms with Crippen LogP contribution in [0.1, 0.15) is 42.9 Å². The number of carbonyl (C=O) groups is 3. The Morgan fingerprint density at radius 1 is 0.867 bits per heavy atom. The van der Waals surface area contributed by atoms with Crippen LogP contribution in [0.15, 0.2) is 48.5 Å². The fourth-order valence-electron chi connectivity index (χ4n) is 3.25. The van der Waals surface area contributed by atoms with Gasteiger partial charge in [-0.1, -0.05) is 42.2 Å². The Morgan fingerprint density at radius 2 is 1.50 bits per heavy atom. The first-order valence-corrected chi connectivity index (χ1v) is 10.1. The van der Waals surface area contributed by atoms with Crippen molar-refractivity contribution in [2.45, 2.75) is 32.7 Å². The van der Waals surface area contributed by atoms with E-state index in [0.717, 1.165) is 22.4 Å². The zero-order chi connectivity index (χ0) is 21.3. The van der Waals surface area contributed by atoms with Crippen molar-refractivity contribution < 1.29 is 14.4 Å². The van der Waals surface area contributed by atoms with Crippen molar-refractivity contribution in [3.8, 4) is 11.8 Å². The number of hydrogen-bond donors (Lipinski definition) is 2. The molecule has 154 valence electrons. The largest absolute Gasteiger partial charge is 0.356 e. The SMILES string of the molecule is CCNC(=O)CCC(=O)NCCC(=O)N1Cc2ccccc2C#Cc2ccccc21.